The first kappa shape index (κ1) is 13.4. The Hall–Kier alpha value is -1.62. The van der Waals surface area contributed by atoms with Gasteiger partial charge in [0.05, 0.1) is 23.5 Å². The highest BCUT2D eigenvalue weighted by molar-refractivity contribution is 5.72. The summed E-state index contributed by atoms with van der Waals surface area (Å²) < 4.78 is 11.1. The number of nitrogen functional groups attached to an aromatic ring is 1. The summed E-state index contributed by atoms with van der Waals surface area (Å²) in [5.41, 5.74) is 7.52. The van der Waals surface area contributed by atoms with E-state index in [0.717, 1.165) is 37.1 Å². The highest BCUT2D eigenvalue weighted by atomic mass is 16.6. The highest BCUT2D eigenvalue weighted by Gasteiger charge is 2.23. The van der Waals surface area contributed by atoms with Gasteiger partial charge in [-0.25, -0.2) is 0 Å². The first-order valence-corrected chi connectivity index (χ1v) is 7.38. The van der Waals surface area contributed by atoms with Crippen LogP contribution in [0.2, 0.25) is 0 Å². The van der Waals surface area contributed by atoms with Gasteiger partial charge in [0.15, 0.2) is 11.5 Å². The van der Waals surface area contributed by atoms with Crippen molar-refractivity contribution in [3.63, 3.8) is 0 Å². The fourth-order valence-corrected chi connectivity index (χ4v) is 2.89. The zero-order chi connectivity index (χ0) is 13.9. The van der Waals surface area contributed by atoms with E-state index >= 15 is 0 Å². The average Bonchev–Trinajstić information content (AvgIpc) is 2.65. The fourth-order valence-electron chi connectivity index (χ4n) is 2.89. The molecule has 20 heavy (non-hydrogen) atoms. The van der Waals surface area contributed by atoms with Gasteiger partial charge in [-0.05, 0) is 12.8 Å². The van der Waals surface area contributed by atoms with Crippen LogP contribution in [0.5, 0.6) is 11.5 Å². The number of rotatable bonds is 2. The van der Waals surface area contributed by atoms with Crippen LogP contribution in [0, 0.1) is 0 Å². The van der Waals surface area contributed by atoms with Gasteiger partial charge in [0.1, 0.15) is 13.2 Å². The molecule has 5 nitrogen and oxygen atoms in total. The summed E-state index contributed by atoms with van der Waals surface area (Å²) in [6, 6.07) is 3.73. The van der Waals surface area contributed by atoms with Crippen molar-refractivity contribution in [3.05, 3.63) is 12.1 Å². The molecule has 110 valence electrons. The number of nitrogens with two attached hydrogens (primary N) is 1. The van der Waals surface area contributed by atoms with E-state index in [1.54, 1.807) is 6.07 Å². The molecule has 2 unspecified atom stereocenters. The zero-order valence-corrected chi connectivity index (χ0v) is 11.6. The Balaban J connectivity index is 1.79. The van der Waals surface area contributed by atoms with Crippen LogP contribution in [0.25, 0.3) is 0 Å². The summed E-state index contributed by atoms with van der Waals surface area (Å²) in [6.07, 6.45) is 4.92. The molecule has 5 heteroatoms. The van der Waals surface area contributed by atoms with Gasteiger partial charge in [-0.1, -0.05) is 19.3 Å². The van der Waals surface area contributed by atoms with E-state index < -0.39 is 0 Å². The standard InChI is InChI=1S/C15H22N2O3/c16-10-8-14-15(20-7-6-19-14)9-12(10)17-11-4-2-1-3-5-13(11)18/h8-9,11,13,17-18H,1-7,16H2. The Morgan fingerprint density at radius 1 is 1.05 bits per heavy atom. The molecule has 0 amide bonds. The number of anilines is 2. The average molecular weight is 278 g/mol. The number of hydrogen-bond acceptors (Lipinski definition) is 5. The van der Waals surface area contributed by atoms with E-state index in [9.17, 15) is 5.11 Å². The second kappa shape index (κ2) is 5.79. The van der Waals surface area contributed by atoms with Crippen molar-refractivity contribution in [2.45, 2.75) is 44.2 Å². The molecule has 1 heterocycles. The zero-order valence-electron chi connectivity index (χ0n) is 11.6. The minimum atomic E-state index is -0.315. The number of benzene rings is 1. The van der Waals surface area contributed by atoms with Crippen molar-refractivity contribution >= 4 is 11.4 Å². The van der Waals surface area contributed by atoms with Crippen molar-refractivity contribution < 1.29 is 14.6 Å². The summed E-state index contributed by atoms with van der Waals surface area (Å²) in [7, 11) is 0. The monoisotopic (exact) mass is 278 g/mol. The summed E-state index contributed by atoms with van der Waals surface area (Å²) in [4.78, 5) is 0. The molecular formula is C15H22N2O3. The number of ether oxygens (including phenoxy) is 2. The molecule has 1 aliphatic heterocycles. The van der Waals surface area contributed by atoms with Crippen LogP contribution in [0.1, 0.15) is 32.1 Å². The quantitative estimate of drug-likeness (QED) is 0.571. The summed E-state index contributed by atoms with van der Waals surface area (Å²) in [5, 5.41) is 13.6. The predicted octanol–water partition coefficient (Wildman–Crippen LogP) is 2.15. The van der Waals surface area contributed by atoms with Crippen LogP contribution in [0.15, 0.2) is 12.1 Å². The lowest BCUT2D eigenvalue weighted by molar-refractivity contribution is 0.144. The molecule has 2 aliphatic rings. The van der Waals surface area contributed by atoms with Crippen molar-refractivity contribution in [1.29, 1.82) is 0 Å². The molecule has 0 radical (unpaired) electrons. The van der Waals surface area contributed by atoms with Crippen molar-refractivity contribution in [1.82, 2.24) is 0 Å². The largest absolute Gasteiger partial charge is 0.486 e. The van der Waals surface area contributed by atoms with E-state index in [1.807, 2.05) is 6.07 Å². The lowest BCUT2D eigenvalue weighted by Gasteiger charge is -2.25. The molecule has 1 aromatic carbocycles. The number of aliphatic hydroxyl groups is 1. The molecule has 1 saturated carbocycles. The minimum absolute atomic E-state index is 0.0577. The Labute approximate surface area is 119 Å². The van der Waals surface area contributed by atoms with E-state index in [1.165, 1.54) is 6.42 Å². The van der Waals surface area contributed by atoms with Crippen molar-refractivity contribution in [3.8, 4) is 11.5 Å². The third-order valence-corrected chi connectivity index (χ3v) is 4.03. The predicted molar refractivity (Wildman–Crippen MR) is 78.3 cm³/mol. The van der Waals surface area contributed by atoms with Crippen LogP contribution in [0.4, 0.5) is 11.4 Å². The molecule has 0 bridgehead atoms. The Bertz CT molecular complexity index is 478. The third kappa shape index (κ3) is 2.77. The molecule has 0 spiro atoms. The van der Waals surface area contributed by atoms with Gasteiger partial charge >= 0.3 is 0 Å². The Morgan fingerprint density at radius 3 is 2.55 bits per heavy atom. The number of hydrogen-bond donors (Lipinski definition) is 3. The van der Waals surface area contributed by atoms with Crippen LogP contribution in [0.3, 0.4) is 0 Å². The lowest BCUT2D eigenvalue weighted by Crippen LogP contribution is -2.32. The number of aliphatic hydroxyl groups excluding tert-OH is 1. The minimum Gasteiger partial charge on any atom is -0.486 e. The molecule has 1 fully saturated rings. The summed E-state index contributed by atoms with van der Waals surface area (Å²) >= 11 is 0. The Kier molecular flexibility index (Phi) is 3.87. The third-order valence-electron chi connectivity index (χ3n) is 4.03. The van der Waals surface area contributed by atoms with Gasteiger partial charge in [-0.2, -0.15) is 0 Å². The lowest BCUT2D eigenvalue weighted by atomic mass is 10.1. The Morgan fingerprint density at radius 2 is 1.75 bits per heavy atom. The van der Waals surface area contributed by atoms with Crippen LogP contribution in [-0.2, 0) is 0 Å². The summed E-state index contributed by atoms with van der Waals surface area (Å²) in [5.74, 6) is 1.41. The van der Waals surface area contributed by atoms with Gasteiger partial charge in [-0.15, -0.1) is 0 Å². The first-order chi connectivity index (χ1) is 9.74. The number of fused-ring (bicyclic) bond motifs is 1. The molecule has 1 aliphatic carbocycles. The molecule has 4 N–H and O–H groups in total. The maximum absolute atomic E-state index is 10.2. The molecule has 1 aromatic rings. The van der Waals surface area contributed by atoms with E-state index in [0.29, 0.717) is 24.7 Å². The van der Waals surface area contributed by atoms with Gasteiger partial charge in [0.25, 0.3) is 0 Å². The maximum Gasteiger partial charge on any atom is 0.163 e. The fraction of sp³-hybridized carbons (Fsp3) is 0.600. The van der Waals surface area contributed by atoms with Gasteiger partial charge in [0, 0.05) is 12.1 Å². The second-order valence-corrected chi connectivity index (χ2v) is 5.54. The molecule has 3 rings (SSSR count). The molecule has 0 aromatic heterocycles. The van der Waals surface area contributed by atoms with Crippen LogP contribution < -0.4 is 20.5 Å². The molecule has 2 atom stereocenters. The van der Waals surface area contributed by atoms with E-state index in [-0.39, 0.29) is 12.1 Å². The molecule has 0 saturated heterocycles. The van der Waals surface area contributed by atoms with Crippen molar-refractivity contribution in [2.24, 2.45) is 0 Å². The van der Waals surface area contributed by atoms with Crippen LogP contribution >= 0.6 is 0 Å². The van der Waals surface area contributed by atoms with Crippen molar-refractivity contribution in [2.75, 3.05) is 24.3 Å². The normalized spacial score (nSPS) is 25.9. The summed E-state index contributed by atoms with van der Waals surface area (Å²) in [6.45, 7) is 1.11. The SMILES string of the molecule is Nc1cc2c(cc1NC1CCCCCC1O)OCCO2. The van der Waals surface area contributed by atoms with E-state index in [2.05, 4.69) is 5.32 Å². The first-order valence-electron chi connectivity index (χ1n) is 7.38. The maximum atomic E-state index is 10.2. The van der Waals surface area contributed by atoms with Gasteiger partial charge in [0.2, 0.25) is 0 Å². The smallest absolute Gasteiger partial charge is 0.163 e. The topological polar surface area (TPSA) is 76.7 Å². The molecular weight excluding hydrogens is 256 g/mol. The number of nitrogens with one attached hydrogen (secondary N) is 1. The van der Waals surface area contributed by atoms with Crippen LogP contribution in [-0.4, -0.2) is 30.5 Å². The second-order valence-electron chi connectivity index (χ2n) is 5.54. The van der Waals surface area contributed by atoms with E-state index in [4.69, 9.17) is 15.2 Å². The van der Waals surface area contributed by atoms with Gasteiger partial charge in [-0.3, -0.25) is 0 Å². The van der Waals surface area contributed by atoms with Gasteiger partial charge < -0.3 is 25.6 Å². The highest BCUT2D eigenvalue weighted by Crippen LogP contribution is 2.37.